The van der Waals surface area contributed by atoms with Crippen molar-refractivity contribution in [2.75, 3.05) is 19.7 Å². The molecule has 0 spiro atoms. The van der Waals surface area contributed by atoms with E-state index >= 15 is 0 Å². The van der Waals surface area contributed by atoms with Gasteiger partial charge in [-0.1, -0.05) is 11.6 Å². The maximum Gasteiger partial charge on any atom is 0.256 e. The van der Waals surface area contributed by atoms with Crippen LogP contribution in [0.4, 0.5) is 4.39 Å². The lowest BCUT2D eigenvalue weighted by molar-refractivity contribution is 0.0780. The number of halogens is 1. The van der Waals surface area contributed by atoms with Crippen LogP contribution in [-0.4, -0.2) is 35.6 Å². The van der Waals surface area contributed by atoms with Crippen LogP contribution < -0.4 is 0 Å². The number of rotatable bonds is 3. The summed E-state index contributed by atoms with van der Waals surface area (Å²) in [5.74, 6) is -0.361. The van der Waals surface area contributed by atoms with E-state index in [1.54, 1.807) is 17.0 Å². The Morgan fingerprint density at radius 3 is 3.06 bits per heavy atom. The molecular formula is C14H18FNO2. The Bertz CT molecular complexity index is 447. The van der Waals surface area contributed by atoms with E-state index < -0.39 is 5.82 Å². The third kappa shape index (κ3) is 2.70. The van der Waals surface area contributed by atoms with E-state index in [-0.39, 0.29) is 18.1 Å². The van der Waals surface area contributed by atoms with Gasteiger partial charge in [0, 0.05) is 19.7 Å². The molecule has 0 bridgehead atoms. The van der Waals surface area contributed by atoms with Crippen LogP contribution in [0.3, 0.4) is 0 Å². The topological polar surface area (TPSA) is 40.5 Å². The van der Waals surface area contributed by atoms with Crippen molar-refractivity contribution in [1.82, 2.24) is 4.90 Å². The minimum atomic E-state index is -0.462. The van der Waals surface area contributed by atoms with Gasteiger partial charge in [-0.05, 0) is 37.8 Å². The Hall–Kier alpha value is -1.42. The monoisotopic (exact) mass is 251 g/mol. The zero-order chi connectivity index (χ0) is 13.1. The molecule has 1 aliphatic rings. The molecule has 2 rings (SSSR count). The van der Waals surface area contributed by atoms with Crippen molar-refractivity contribution in [2.24, 2.45) is 5.92 Å². The quantitative estimate of drug-likeness (QED) is 0.892. The number of hydrogen-bond donors (Lipinski definition) is 1. The van der Waals surface area contributed by atoms with Gasteiger partial charge in [0.1, 0.15) is 5.82 Å². The number of hydrogen-bond acceptors (Lipinski definition) is 2. The standard InChI is InChI=1S/C14H18FNO2/c1-10-2-3-13(15)12(8-10)14(18)16-6-4-11(9-16)5-7-17/h2-3,8,11,17H,4-7,9H2,1H3. The van der Waals surface area contributed by atoms with Crippen LogP contribution in [0, 0.1) is 18.7 Å². The fourth-order valence-electron chi connectivity index (χ4n) is 2.41. The van der Waals surface area contributed by atoms with Crippen molar-refractivity contribution in [3.05, 3.63) is 35.1 Å². The molecule has 1 aliphatic heterocycles. The first-order valence-corrected chi connectivity index (χ1v) is 6.28. The first-order chi connectivity index (χ1) is 8.61. The summed E-state index contributed by atoms with van der Waals surface area (Å²) >= 11 is 0. The van der Waals surface area contributed by atoms with E-state index in [0.717, 1.165) is 12.0 Å². The van der Waals surface area contributed by atoms with Gasteiger partial charge in [0.15, 0.2) is 0 Å². The maximum atomic E-state index is 13.6. The second-order valence-corrected chi connectivity index (χ2v) is 4.90. The van der Waals surface area contributed by atoms with Gasteiger partial charge in [0.2, 0.25) is 0 Å². The van der Waals surface area contributed by atoms with Gasteiger partial charge in [-0.2, -0.15) is 0 Å². The van der Waals surface area contributed by atoms with Crippen molar-refractivity contribution in [1.29, 1.82) is 0 Å². The zero-order valence-corrected chi connectivity index (χ0v) is 10.5. The van der Waals surface area contributed by atoms with Crippen molar-refractivity contribution >= 4 is 5.91 Å². The van der Waals surface area contributed by atoms with Crippen LogP contribution in [-0.2, 0) is 0 Å². The van der Waals surface area contributed by atoms with Gasteiger partial charge in [0.25, 0.3) is 5.91 Å². The van der Waals surface area contributed by atoms with Crippen LogP contribution in [0.1, 0.15) is 28.8 Å². The highest BCUT2D eigenvalue weighted by molar-refractivity contribution is 5.94. The minimum absolute atomic E-state index is 0.144. The summed E-state index contributed by atoms with van der Waals surface area (Å²) in [6.45, 7) is 3.25. The van der Waals surface area contributed by atoms with E-state index in [1.807, 2.05) is 6.92 Å². The minimum Gasteiger partial charge on any atom is -0.396 e. The van der Waals surface area contributed by atoms with Crippen LogP contribution in [0.2, 0.25) is 0 Å². The predicted octanol–water partition coefficient (Wildman–Crippen LogP) is 1.98. The third-order valence-corrected chi connectivity index (χ3v) is 3.46. The average Bonchev–Trinajstić information content (AvgIpc) is 2.80. The van der Waals surface area contributed by atoms with Crippen LogP contribution in [0.15, 0.2) is 18.2 Å². The number of aliphatic hydroxyl groups is 1. The number of nitrogens with zero attached hydrogens (tertiary/aromatic N) is 1. The molecule has 1 heterocycles. The molecule has 1 saturated heterocycles. The van der Waals surface area contributed by atoms with Gasteiger partial charge in [0.05, 0.1) is 5.56 Å². The summed E-state index contributed by atoms with van der Waals surface area (Å²) in [7, 11) is 0. The molecule has 1 amide bonds. The van der Waals surface area contributed by atoms with E-state index in [9.17, 15) is 9.18 Å². The van der Waals surface area contributed by atoms with Crippen molar-refractivity contribution < 1.29 is 14.3 Å². The summed E-state index contributed by atoms with van der Waals surface area (Å²) in [5.41, 5.74) is 1.03. The number of aryl methyl sites for hydroxylation is 1. The molecule has 1 unspecified atom stereocenters. The first kappa shape index (κ1) is 13.0. The van der Waals surface area contributed by atoms with Gasteiger partial charge in [-0.3, -0.25) is 4.79 Å². The predicted molar refractivity (Wildman–Crippen MR) is 66.9 cm³/mol. The first-order valence-electron chi connectivity index (χ1n) is 6.28. The van der Waals surface area contributed by atoms with Crippen molar-refractivity contribution in [2.45, 2.75) is 19.8 Å². The number of aliphatic hydroxyl groups excluding tert-OH is 1. The highest BCUT2D eigenvalue weighted by atomic mass is 19.1. The molecule has 1 atom stereocenters. The number of likely N-dealkylation sites (tertiary alicyclic amines) is 1. The molecule has 3 nitrogen and oxygen atoms in total. The third-order valence-electron chi connectivity index (χ3n) is 3.46. The molecule has 0 saturated carbocycles. The summed E-state index contributed by atoms with van der Waals surface area (Å²) in [5, 5.41) is 8.89. The van der Waals surface area contributed by atoms with Gasteiger partial charge in [-0.25, -0.2) is 4.39 Å². The molecule has 0 aromatic heterocycles. The Kier molecular flexibility index (Phi) is 3.97. The molecule has 1 aromatic rings. The van der Waals surface area contributed by atoms with Crippen LogP contribution >= 0.6 is 0 Å². The average molecular weight is 251 g/mol. The highest BCUT2D eigenvalue weighted by Crippen LogP contribution is 2.22. The Morgan fingerprint density at radius 1 is 1.56 bits per heavy atom. The van der Waals surface area contributed by atoms with E-state index in [4.69, 9.17) is 5.11 Å². The second-order valence-electron chi connectivity index (χ2n) is 4.90. The molecular weight excluding hydrogens is 233 g/mol. The van der Waals surface area contributed by atoms with Crippen molar-refractivity contribution in [3.63, 3.8) is 0 Å². The molecule has 1 N–H and O–H groups in total. The normalized spacial score (nSPS) is 19.3. The van der Waals surface area contributed by atoms with Gasteiger partial charge >= 0.3 is 0 Å². The largest absolute Gasteiger partial charge is 0.396 e. The summed E-state index contributed by atoms with van der Waals surface area (Å²) in [6, 6.07) is 4.59. The highest BCUT2D eigenvalue weighted by Gasteiger charge is 2.27. The lowest BCUT2D eigenvalue weighted by atomic mass is 10.1. The summed E-state index contributed by atoms with van der Waals surface area (Å²) in [6.07, 6.45) is 1.60. The van der Waals surface area contributed by atoms with Crippen LogP contribution in [0.25, 0.3) is 0 Å². The number of carbonyl (C=O) groups excluding carboxylic acids is 1. The Morgan fingerprint density at radius 2 is 2.33 bits per heavy atom. The lowest BCUT2D eigenvalue weighted by Crippen LogP contribution is -2.29. The van der Waals surface area contributed by atoms with E-state index in [1.165, 1.54) is 6.07 Å². The lowest BCUT2D eigenvalue weighted by Gasteiger charge is -2.17. The SMILES string of the molecule is Cc1ccc(F)c(C(=O)N2CCC(CCO)C2)c1. The van der Waals surface area contributed by atoms with Gasteiger partial charge < -0.3 is 10.0 Å². The molecule has 18 heavy (non-hydrogen) atoms. The Labute approximate surface area is 106 Å². The number of carbonyl (C=O) groups is 1. The number of benzene rings is 1. The summed E-state index contributed by atoms with van der Waals surface area (Å²) in [4.78, 5) is 13.9. The molecule has 0 radical (unpaired) electrons. The molecule has 98 valence electrons. The van der Waals surface area contributed by atoms with Crippen LogP contribution in [0.5, 0.6) is 0 Å². The molecule has 1 aromatic carbocycles. The smallest absolute Gasteiger partial charge is 0.256 e. The molecule has 4 heteroatoms. The summed E-state index contributed by atoms with van der Waals surface area (Å²) < 4.78 is 13.6. The fraction of sp³-hybridized carbons (Fsp3) is 0.500. The Balaban J connectivity index is 2.10. The zero-order valence-electron chi connectivity index (χ0n) is 10.5. The fourth-order valence-corrected chi connectivity index (χ4v) is 2.41. The van der Waals surface area contributed by atoms with E-state index in [0.29, 0.717) is 25.4 Å². The maximum absolute atomic E-state index is 13.6. The van der Waals surface area contributed by atoms with Crippen molar-refractivity contribution in [3.8, 4) is 0 Å². The molecule has 1 fully saturated rings. The molecule has 0 aliphatic carbocycles. The number of amides is 1. The second kappa shape index (κ2) is 5.48. The van der Waals surface area contributed by atoms with E-state index in [2.05, 4.69) is 0 Å². The van der Waals surface area contributed by atoms with Gasteiger partial charge in [-0.15, -0.1) is 0 Å².